The smallest absolute Gasteiger partial charge is 0.408 e. The van der Waals surface area contributed by atoms with E-state index >= 15 is 0 Å². The molecule has 13 nitrogen and oxygen atoms in total. The Morgan fingerprint density at radius 1 is 1.08 bits per heavy atom. The van der Waals surface area contributed by atoms with Crippen molar-refractivity contribution in [1.82, 2.24) is 20.1 Å². The van der Waals surface area contributed by atoms with Gasteiger partial charge in [0.05, 0.1) is 26.4 Å². The Bertz CT molecular complexity index is 1570. The first-order valence-corrected chi connectivity index (χ1v) is 18.1. The minimum Gasteiger partial charge on any atom is -0.491 e. The van der Waals surface area contributed by atoms with Crippen LogP contribution in [0.15, 0.2) is 18.2 Å². The van der Waals surface area contributed by atoms with E-state index in [9.17, 15) is 14.4 Å². The number of benzene rings is 1. The fourth-order valence-corrected chi connectivity index (χ4v) is 7.90. The van der Waals surface area contributed by atoms with Crippen LogP contribution in [0.2, 0.25) is 5.02 Å². The van der Waals surface area contributed by atoms with E-state index in [2.05, 4.69) is 22.1 Å². The molecule has 4 fully saturated rings. The molecule has 2 aliphatic carbocycles. The number of carbonyl (C=O) groups excluding carboxylic acids is 3. The summed E-state index contributed by atoms with van der Waals surface area (Å²) in [6.45, 7) is 14.4. The van der Waals surface area contributed by atoms with Crippen molar-refractivity contribution in [2.75, 3.05) is 52.6 Å². The van der Waals surface area contributed by atoms with Gasteiger partial charge in [-0.2, -0.15) is 0 Å². The molecule has 50 heavy (non-hydrogen) atoms. The van der Waals surface area contributed by atoms with Crippen molar-refractivity contribution in [1.29, 1.82) is 0 Å². The fourth-order valence-electron chi connectivity index (χ4n) is 7.64. The second kappa shape index (κ2) is 15.0. The standard InChI is InChI=1S/C36H50ClN5O8/c1-6-47-29-18-28(23-7-8-27(30(37)31(23)39-29)48-14-11-41-9-12-46-13-10-41)49-22-17-26(33(38)43)42(19-22)34(44)32(36(3,4)5)40-35(45)50-21-15-24-20(2)25(24)16-21/h7-8,18,20-22,24-26,32H,6,9-17,19H2,1-5H3,(H2,38,43)(H,40,45)/t20-,21+,22?,24+,25-,26-,32?/m0/s1. The Balaban J connectivity index is 1.17. The number of alkyl carbamates (subject to hydrolysis) is 1. The van der Waals surface area contributed by atoms with Crippen molar-refractivity contribution in [2.24, 2.45) is 28.9 Å². The number of aromatic nitrogens is 1. The normalized spacial score (nSPS) is 27.0. The number of pyridine rings is 1. The third kappa shape index (κ3) is 8.00. The van der Waals surface area contributed by atoms with E-state index in [-0.39, 0.29) is 19.1 Å². The quantitative estimate of drug-likeness (QED) is 0.329. The molecule has 3 amide bonds. The zero-order valence-electron chi connectivity index (χ0n) is 29.6. The topological polar surface area (TPSA) is 155 Å². The molecule has 2 saturated carbocycles. The highest BCUT2D eigenvalue weighted by molar-refractivity contribution is 6.36. The molecule has 2 aromatic rings. The number of ether oxygens (including phenoxy) is 5. The molecule has 1 aromatic heterocycles. The molecule has 2 aliphatic heterocycles. The van der Waals surface area contributed by atoms with Gasteiger partial charge >= 0.3 is 6.09 Å². The van der Waals surface area contributed by atoms with Crippen molar-refractivity contribution < 1.29 is 38.1 Å². The number of hydrogen-bond donors (Lipinski definition) is 2. The van der Waals surface area contributed by atoms with Gasteiger partial charge in [0.25, 0.3) is 0 Å². The molecule has 6 rings (SSSR count). The van der Waals surface area contributed by atoms with Crippen molar-refractivity contribution in [3.63, 3.8) is 0 Å². The number of amides is 3. The Hall–Kier alpha value is -3.55. The third-order valence-electron chi connectivity index (χ3n) is 10.5. The first kappa shape index (κ1) is 36.2. The number of fused-ring (bicyclic) bond motifs is 2. The highest BCUT2D eigenvalue weighted by atomic mass is 35.5. The summed E-state index contributed by atoms with van der Waals surface area (Å²) >= 11 is 6.85. The van der Waals surface area contributed by atoms with Crippen molar-refractivity contribution in [3.05, 3.63) is 23.2 Å². The van der Waals surface area contributed by atoms with Crippen LogP contribution in [0.25, 0.3) is 10.9 Å². The van der Waals surface area contributed by atoms with Crippen LogP contribution in [-0.2, 0) is 19.1 Å². The minimum absolute atomic E-state index is 0.0733. The first-order valence-electron chi connectivity index (χ1n) is 17.8. The lowest BCUT2D eigenvalue weighted by Gasteiger charge is -2.35. The largest absolute Gasteiger partial charge is 0.491 e. The summed E-state index contributed by atoms with van der Waals surface area (Å²) in [4.78, 5) is 48.2. The summed E-state index contributed by atoms with van der Waals surface area (Å²) in [5.41, 5.74) is 5.59. The molecule has 0 radical (unpaired) electrons. The lowest BCUT2D eigenvalue weighted by molar-refractivity contribution is -0.141. The molecule has 3 N–H and O–H groups in total. The summed E-state index contributed by atoms with van der Waals surface area (Å²) in [5, 5.41) is 3.75. The SMILES string of the molecule is CCOc1cc(OC2C[C@@H](C(N)=O)N(C(=O)C(NC(=O)O[C@@H]3C[C@@H]4[C@H](C)[C@@H]4C3)C(C)(C)C)C2)c2ccc(OCCN3CCOCC3)c(Cl)c2n1. The number of halogens is 1. The third-order valence-corrected chi connectivity index (χ3v) is 10.9. The van der Waals surface area contributed by atoms with Gasteiger partial charge in [-0.1, -0.05) is 39.3 Å². The van der Waals surface area contributed by atoms with Crippen molar-refractivity contribution in [2.45, 2.75) is 78.2 Å². The van der Waals surface area contributed by atoms with Gasteiger partial charge < -0.3 is 39.6 Å². The summed E-state index contributed by atoms with van der Waals surface area (Å²) in [6.07, 6.45) is 0.488. The summed E-state index contributed by atoms with van der Waals surface area (Å²) in [5.74, 6) is 2.07. The number of morpholine rings is 1. The molecule has 14 heteroatoms. The van der Waals surface area contributed by atoms with E-state index in [4.69, 9.17) is 41.0 Å². The maximum absolute atomic E-state index is 14.1. The number of nitrogens with two attached hydrogens (primary N) is 1. The average Bonchev–Trinajstić information content (AvgIpc) is 3.39. The molecule has 7 atom stereocenters. The molecular weight excluding hydrogens is 666 g/mol. The van der Waals surface area contributed by atoms with Crippen LogP contribution in [0.5, 0.6) is 17.4 Å². The summed E-state index contributed by atoms with van der Waals surface area (Å²) < 4.78 is 29.5. The molecule has 3 heterocycles. The Morgan fingerprint density at radius 2 is 1.80 bits per heavy atom. The Labute approximate surface area is 298 Å². The fraction of sp³-hybridized carbons (Fsp3) is 0.667. The molecule has 0 spiro atoms. The lowest BCUT2D eigenvalue weighted by Crippen LogP contribution is -2.57. The van der Waals surface area contributed by atoms with Gasteiger partial charge in [0.2, 0.25) is 17.7 Å². The van der Waals surface area contributed by atoms with E-state index in [1.165, 1.54) is 4.90 Å². The lowest BCUT2D eigenvalue weighted by atomic mass is 9.85. The maximum Gasteiger partial charge on any atom is 0.408 e. The predicted octanol–water partition coefficient (Wildman–Crippen LogP) is 4.02. The molecule has 2 saturated heterocycles. The van der Waals surface area contributed by atoms with Gasteiger partial charge in [0.1, 0.15) is 52.9 Å². The van der Waals surface area contributed by atoms with Crippen molar-refractivity contribution in [3.8, 4) is 17.4 Å². The van der Waals surface area contributed by atoms with Crippen LogP contribution in [0.3, 0.4) is 0 Å². The molecule has 274 valence electrons. The van der Waals surface area contributed by atoms with Crippen molar-refractivity contribution >= 4 is 40.4 Å². The zero-order chi connectivity index (χ0) is 35.7. The number of nitrogens with zero attached hydrogens (tertiary/aromatic N) is 3. The molecule has 4 aliphatic rings. The second-order valence-corrected chi connectivity index (χ2v) is 15.4. The van der Waals surface area contributed by atoms with Crippen LogP contribution in [-0.4, -0.2) is 110 Å². The number of nitrogens with one attached hydrogen (secondary N) is 1. The molecular formula is C36H50ClN5O8. The summed E-state index contributed by atoms with van der Waals surface area (Å²) in [6, 6.07) is 3.38. The van der Waals surface area contributed by atoms with Crippen LogP contribution >= 0.6 is 11.6 Å². The Kier molecular flexibility index (Phi) is 10.9. The number of rotatable bonds is 12. The van der Waals surface area contributed by atoms with Gasteiger partial charge in [0, 0.05) is 37.5 Å². The van der Waals surface area contributed by atoms with Crippen LogP contribution < -0.4 is 25.3 Å². The van der Waals surface area contributed by atoms with E-state index in [0.29, 0.717) is 77.5 Å². The van der Waals surface area contributed by atoms with Gasteiger partial charge in [-0.3, -0.25) is 14.5 Å². The highest BCUT2D eigenvalue weighted by Gasteiger charge is 2.54. The number of carbonyl (C=O) groups is 3. The van der Waals surface area contributed by atoms with Gasteiger partial charge in [0.15, 0.2) is 0 Å². The molecule has 1 aromatic carbocycles. The van der Waals surface area contributed by atoms with E-state index in [1.807, 2.05) is 33.8 Å². The molecule has 0 bridgehead atoms. The monoisotopic (exact) mass is 715 g/mol. The summed E-state index contributed by atoms with van der Waals surface area (Å²) in [7, 11) is 0. The predicted molar refractivity (Wildman–Crippen MR) is 186 cm³/mol. The highest BCUT2D eigenvalue weighted by Crippen LogP contribution is 2.57. The van der Waals surface area contributed by atoms with E-state index in [0.717, 1.165) is 32.5 Å². The van der Waals surface area contributed by atoms with Crippen LogP contribution in [0.1, 0.15) is 53.9 Å². The van der Waals surface area contributed by atoms with Crippen LogP contribution in [0.4, 0.5) is 4.79 Å². The first-order chi connectivity index (χ1) is 23.8. The number of likely N-dealkylation sites (tertiary alicyclic amines) is 1. The van der Waals surface area contributed by atoms with Gasteiger partial charge in [-0.15, -0.1) is 0 Å². The maximum atomic E-state index is 14.1. The van der Waals surface area contributed by atoms with E-state index in [1.54, 1.807) is 12.1 Å². The van der Waals surface area contributed by atoms with Gasteiger partial charge in [-0.05, 0) is 55.1 Å². The minimum atomic E-state index is -0.961. The molecule has 2 unspecified atom stereocenters. The Morgan fingerprint density at radius 3 is 2.46 bits per heavy atom. The zero-order valence-corrected chi connectivity index (χ0v) is 30.4. The van der Waals surface area contributed by atoms with Crippen LogP contribution in [0, 0.1) is 23.2 Å². The second-order valence-electron chi connectivity index (χ2n) is 15.0. The number of primary amides is 1. The van der Waals surface area contributed by atoms with E-state index < -0.39 is 41.5 Å². The average molecular weight is 716 g/mol. The van der Waals surface area contributed by atoms with Gasteiger partial charge in [-0.25, -0.2) is 9.78 Å². The number of hydrogen-bond acceptors (Lipinski definition) is 10.